The minimum Gasteiger partial charge on any atom is -0.439 e. The van der Waals surface area contributed by atoms with Gasteiger partial charge in [0.15, 0.2) is 6.61 Å². The molecule has 2 aliphatic rings. The van der Waals surface area contributed by atoms with Gasteiger partial charge in [-0.05, 0) is 11.6 Å². The van der Waals surface area contributed by atoms with Gasteiger partial charge in [-0.2, -0.15) is 4.31 Å². The maximum atomic E-state index is 12.3. The van der Waals surface area contributed by atoms with Gasteiger partial charge in [0.05, 0.1) is 11.8 Å². The van der Waals surface area contributed by atoms with Crippen molar-refractivity contribution < 1.29 is 22.7 Å². The van der Waals surface area contributed by atoms with E-state index in [1.54, 1.807) is 24.3 Å². The predicted molar refractivity (Wildman–Crippen MR) is 77.6 cm³/mol. The van der Waals surface area contributed by atoms with Gasteiger partial charge in [-0.15, -0.1) is 0 Å². The minimum absolute atomic E-state index is 0.0909. The summed E-state index contributed by atoms with van der Waals surface area (Å²) in [5.41, 5.74) is 0.518. The van der Waals surface area contributed by atoms with Crippen molar-refractivity contribution in [1.82, 2.24) is 9.21 Å². The lowest BCUT2D eigenvalue weighted by atomic mass is 10.1. The van der Waals surface area contributed by atoms with Crippen LogP contribution in [-0.4, -0.2) is 55.4 Å². The third-order valence-electron chi connectivity index (χ3n) is 3.67. The Balaban J connectivity index is 1.65. The molecule has 0 saturated carbocycles. The fourth-order valence-corrected chi connectivity index (χ4v) is 4.33. The van der Waals surface area contributed by atoms with E-state index in [1.807, 2.05) is 0 Å². The van der Waals surface area contributed by atoms with Crippen molar-refractivity contribution in [2.24, 2.45) is 0 Å². The molecule has 2 fully saturated rings. The molecular weight excluding hydrogens is 332 g/mol. The third kappa shape index (κ3) is 2.69. The van der Waals surface area contributed by atoms with Gasteiger partial charge in [-0.3, -0.25) is 4.79 Å². The van der Waals surface area contributed by atoms with Crippen molar-refractivity contribution in [1.29, 1.82) is 0 Å². The number of rotatable bonds is 4. The summed E-state index contributed by atoms with van der Waals surface area (Å²) in [6, 6.07) is 6.27. The fraction of sp³-hybridized carbons (Fsp3) is 0.385. The molecule has 0 spiro atoms. The zero-order chi connectivity index (χ0) is 15.9. The fourth-order valence-electron chi connectivity index (χ4n) is 2.43. The Morgan fingerprint density at radius 3 is 2.50 bits per heavy atom. The van der Waals surface area contributed by atoms with E-state index in [-0.39, 0.29) is 25.4 Å². The molecule has 0 aromatic heterocycles. The van der Waals surface area contributed by atoms with Gasteiger partial charge in [0.1, 0.15) is 0 Å². The molecule has 0 radical (unpaired) electrons. The number of imide groups is 1. The van der Waals surface area contributed by atoms with Crippen LogP contribution in [0.2, 0.25) is 5.02 Å². The predicted octanol–water partition coefficient (Wildman–Crippen LogP) is 0.833. The number of ether oxygens (including phenoxy) is 1. The quantitative estimate of drug-likeness (QED) is 0.808. The van der Waals surface area contributed by atoms with Crippen LogP contribution < -0.4 is 0 Å². The Morgan fingerprint density at radius 1 is 1.23 bits per heavy atom. The highest BCUT2D eigenvalue weighted by atomic mass is 35.5. The van der Waals surface area contributed by atoms with Crippen LogP contribution in [0, 0.1) is 0 Å². The topological polar surface area (TPSA) is 84.0 Å². The molecule has 2 heterocycles. The molecule has 22 heavy (non-hydrogen) atoms. The maximum Gasteiger partial charge on any atom is 0.417 e. The van der Waals surface area contributed by atoms with E-state index in [0.29, 0.717) is 10.6 Å². The molecule has 0 unspecified atom stereocenters. The molecule has 9 heteroatoms. The van der Waals surface area contributed by atoms with E-state index in [1.165, 1.54) is 4.31 Å². The molecule has 2 saturated heterocycles. The van der Waals surface area contributed by atoms with Gasteiger partial charge in [0.2, 0.25) is 10.0 Å². The number of hydrogen-bond donors (Lipinski definition) is 0. The summed E-state index contributed by atoms with van der Waals surface area (Å²) < 4.78 is 30.5. The first kappa shape index (κ1) is 15.3. The molecule has 0 atom stereocenters. The van der Waals surface area contributed by atoms with E-state index in [0.717, 1.165) is 4.90 Å². The lowest BCUT2D eigenvalue weighted by molar-refractivity contribution is -0.128. The second-order valence-electron chi connectivity index (χ2n) is 5.14. The highest BCUT2D eigenvalue weighted by molar-refractivity contribution is 7.88. The number of sulfonamides is 1. The van der Waals surface area contributed by atoms with Crippen molar-refractivity contribution in [2.45, 2.75) is 11.8 Å². The average Bonchev–Trinajstić information content (AvgIpc) is 2.71. The van der Waals surface area contributed by atoms with Crippen molar-refractivity contribution in [3.05, 3.63) is 34.9 Å². The normalized spacial score (nSPS) is 20.1. The number of benzene rings is 1. The van der Waals surface area contributed by atoms with Gasteiger partial charge in [0, 0.05) is 18.1 Å². The number of carbonyl (C=O) groups excluding carboxylic acids is 2. The monoisotopic (exact) mass is 344 g/mol. The molecule has 2 amide bonds. The second-order valence-corrected chi connectivity index (χ2v) is 7.51. The summed E-state index contributed by atoms with van der Waals surface area (Å²) in [6.45, 7) is -0.0943. The van der Waals surface area contributed by atoms with E-state index < -0.39 is 28.1 Å². The third-order valence-corrected chi connectivity index (χ3v) is 5.80. The first-order valence-electron chi connectivity index (χ1n) is 6.58. The molecular formula is C13H13ClN2O5S. The largest absolute Gasteiger partial charge is 0.439 e. The highest BCUT2D eigenvalue weighted by Gasteiger charge is 2.46. The van der Waals surface area contributed by atoms with Crippen LogP contribution in [0.4, 0.5) is 4.79 Å². The molecule has 1 aromatic carbocycles. The van der Waals surface area contributed by atoms with Crippen LogP contribution in [0.3, 0.4) is 0 Å². The smallest absolute Gasteiger partial charge is 0.417 e. The van der Waals surface area contributed by atoms with E-state index in [4.69, 9.17) is 11.6 Å². The van der Waals surface area contributed by atoms with Crippen LogP contribution >= 0.6 is 11.6 Å². The Kier molecular flexibility index (Phi) is 3.84. The molecule has 7 nitrogen and oxygen atoms in total. The number of carbonyl (C=O) groups is 2. The summed E-state index contributed by atoms with van der Waals surface area (Å²) in [7, 11) is -3.54. The Labute approximate surface area is 132 Å². The average molecular weight is 345 g/mol. The van der Waals surface area contributed by atoms with Crippen LogP contribution in [0.25, 0.3) is 0 Å². The molecule has 118 valence electrons. The van der Waals surface area contributed by atoms with Gasteiger partial charge < -0.3 is 4.74 Å². The van der Waals surface area contributed by atoms with Crippen LogP contribution in [0.1, 0.15) is 5.56 Å². The van der Waals surface area contributed by atoms with Crippen molar-refractivity contribution in [3.8, 4) is 0 Å². The first-order chi connectivity index (χ1) is 10.4. The molecule has 2 aliphatic heterocycles. The number of halogens is 1. The summed E-state index contributed by atoms with van der Waals surface area (Å²) >= 11 is 5.97. The lowest BCUT2D eigenvalue weighted by Crippen LogP contribution is -2.62. The van der Waals surface area contributed by atoms with Crippen LogP contribution in [0.15, 0.2) is 24.3 Å². The van der Waals surface area contributed by atoms with Crippen LogP contribution in [0.5, 0.6) is 0 Å². The summed E-state index contributed by atoms with van der Waals surface area (Å²) in [6.07, 6.45) is -0.710. The molecule has 0 aliphatic carbocycles. The Morgan fingerprint density at radius 2 is 1.91 bits per heavy atom. The zero-order valence-corrected chi connectivity index (χ0v) is 13.0. The number of nitrogens with zero attached hydrogens (tertiary/aromatic N) is 2. The molecule has 0 bridgehead atoms. The molecule has 3 rings (SSSR count). The Hall–Kier alpha value is -1.64. The van der Waals surface area contributed by atoms with Crippen molar-refractivity contribution >= 4 is 33.6 Å². The van der Waals surface area contributed by atoms with Crippen molar-refractivity contribution in [2.75, 3.05) is 19.7 Å². The van der Waals surface area contributed by atoms with Gasteiger partial charge in [-0.1, -0.05) is 29.8 Å². The standard InChI is InChI=1S/C13H13ClN2O5S/c14-11-4-2-1-3-9(11)8-22(19,20)15-5-10(6-15)16-12(17)7-21-13(16)18/h1-4,10H,5-8H2. The Bertz CT molecular complexity index is 714. The summed E-state index contributed by atoms with van der Waals surface area (Å²) in [5.74, 6) is -0.643. The molecule has 1 aromatic rings. The number of amides is 2. The minimum atomic E-state index is -3.54. The zero-order valence-electron chi connectivity index (χ0n) is 11.4. The summed E-state index contributed by atoms with van der Waals surface area (Å²) in [4.78, 5) is 23.9. The van der Waals surface area contributed by atoms with E-state index in [9.17, 15) is 18.0 Å². The van der Waals surface area contributed by atoms with Gasteiger partial charge >= 0.3 is 6.09 Å². The second kappa shape index (κ2) is 5.53. The van der Waals surface area contributed by atoms with E-state index in [2.05, 4.69) is 4.74 Å². The van der Waals surface area contributed by atoms with Crippen LogP contribution in [-0.2, 0) is 25.3 Å². The maximum absolute atomic E-state index is 12.3. The molecule has 0 N–H and O–H groups in total. The van der Waals surface area contributed by atoms with Gasteiger partial charge in [0.25, 0.3) is 5.91 Å². The SMILES string of the molecule is O=C1COC(=O)N1C1CN(S(=O)(=O)Cc2ccccc2Cl)C1. The number of hydrogen-bond acceptors (Lipinski definition) is 5. The lowest BCUT2D eigenvalue weighted by Gasteiger charge is -2.40. The number of cyclic esters (lactones) is 1. The first-order valence-corrected chi connectivity index (χ1v) is 8.57. The highest BCUT2D eigenvalue weighted by Crippen LogP contribution is 2.26. The van der Waals surface area contributed by atoms with Gasteiger partial charge in [-0.25, -0.2) is 18.1 Å². The van der Waals surface area contributed by atoms with Crippen molar-refractivity contribution in [3.63, 3.8) is 0 Å². The summed E-state index contributed by atoms with van der Waals surface area (Å²) in [5, 5.41) is 0.390. The van der Waals surface area contributed by atoms with E-state index >= 15 is 0 Å².